The second kappa shape index (κ2) is 10.4. The monoisotopic (exact) mass is 454 g/mol. The van der Waals surface area contributed by atoms with E-state index in [0.717, 1.165) is 47.9 Å². The molecule has 6 atom stereocenters. The third-order valence-electron chi connectivity index (χ3n) is 8.26. The predicted molar refractivity (Wildman–Crippen MR) is 136 cm³/mol. The molecule has 3 saturated carbocycles. The van der Waals surface area contributed by atoms with Gasteiger partial charge in [0.2, 0.25) is 11.8 Å². The van der Waals surface area contributed by atoms with E-state index in [1.807, 2.05) is 72.8 Å². The highest BCUT2D eigenvalue weighted by Gasteiger charge is 2.55. The molecule has 3 aliphatic carbocycles. The molecule has 176 valence electrons. The average Bonchev–Trinajstić information content (AvgIpc) is 3.57. The van der Waals surface area contributed by atoms with Crippen LogP contribution in [0.3, 0.4) is 0 Å². The molecule has 0 aromatic heterocycles. The number of carbonyl (C=O) groups is 2. The summed E-state index contributed by atoms with van der Waals surface area (Å²) in [6.45, 7) is 1.56. The van der Waals surface area contributed by atoms with Gasteiger partial charge in [-0.3, -0.25) is 9.59 Å². The third kappa shape index (κ3) is 5.32. The molecular weight excluding hydrogens is 420 g/mol. The van der Waals surface area contributed by atoms with Crippen molar-refractivity contribution in [3.63, 3.8) is 0 Å². The van der Waals surface area contributed by atoms with Crippen LogP contribution in [-0.2, 0) is 9.59 Å². The maximum atomic E-state index is 12.3. The van der Waals surface area contributed by atoms with E-state index in [9.17, 15) is 9.59 Å². The lowest BCUT2D eigenvalue weighted by atomic mass is 9.76. The largest absolute Gasteiger partial charge is 0.352 e. The molecule has 0 spiro atoms. The summed E-state index contributed by atoms with van der Waals surface area (Å²) in [6, 6.07) is 19.8. The Balaban J connectivity index is 1.06. The van der Waals surface area contributed by atoms with Crippen molar-refractivity contribution < 1.29 is 9.59 Å². The highest BCUT2D eigenvalue weighted by atomic mass is 16.2. The van der Waals surface area contributed by atoms with Crippen molar-refractivity contribution in [1.29, 1.82) is 0 Å². The van der Waals surface area contributed by atoms with E-state index in [2.05, 4.69) is 10.6 Å². The lowest BCUT2D eigenvalue weighted by Gasteiger charge is -2.31. The summed E-state index contributed by atoms with van der Waals surface area (Å²) in [4.78, 5) is 24.6. The van der Waals surface area contributed by atoms with E-state index in [-0.39, 0.29) is 11.8 Å². The minimum atomic E-state index is -0.00645. The Morgan fingerprint density at radius 3 is 1.85 bits per heavy atom. The van der Waals surface area contributed by atoms with Crippen LogP contribution < -0.4 is 10.6 Å². The van der Waals surface area contributed by atoms with Crippen LogP contribution in [0.2, 0.25) is 0 Å². The van der Waals surface area contributed by atoms with E-state index < -0.39 is 0 Å². The zero-order valence-electron chi connectivity index (χ0n) is 19.6. The minimum Gasteiger partial charge on any atom is -0.352 e. The first-order valence-corrected chi connectivity index (χ1v) is 12.7. The van der Waals surface area contributed by atoms with Gasteiger partial charge in [-0.15, -0.1) is 0 Å². The molecule has 6 unspecified atom stereocenters. The van der Waals surface area contributed by atoms with Crippen molar-refractivity contribution in [1.82, 2.24) is 10.6 Å². The van der Waals surface area contributed by atoms with Crippen LogP contribution in [-0.4, -0.2) is 24.9 Å². The van der Waals surface area contributed by atoms with Crippen molar-refractivity contribution in [2.45, 2.75) is 25.7 Å². The number of carbonyl (C=O) groups excluding carboxylic acids is 2. The van der Waals surface area contributed by atoms with Gasteiger partial charge in [0, 0.05) is 25.2 Å². The van der Waals surface area contributed by atoms with Gasteiger partial charge in [-0.1, -0.05) is 60.7 Å². The van der Waals surface area contributed by atoms with Crippen molar-refractivity contribution in [2.24, 2.45) is 35.5 Å². The minimum absolute atomic E-state index is 0.00116. The van der Waals surface area contributed by atoms with Gasteiger partial charge in [-0.25, -0.2) is 0 Å². The Bertz CT molecular complexity index is 1050. The normalized spacial score (nSPS) is 29.5. The summed E-state index contributed by atoms with van der Waals surface area (Å²) in [5.41, 5.74) is 2.08. The maximum Gasteiger partial charge on any atom is 0.244 e. The predicted octanol–water partition coefficient (Wildman–Crippen LogP) is 4.94. The molecule has 2 N–H and O–H groups in total. The van der Waals surface area contributed by atoms with E-state index >= 15 is 0 Å². The maximum absolute atomic E-state index is 12.3. The number of fused-ring (bicyclic) bond motifs is 5. The van der Waals surface area contributed by atoms with E-state index in [1.165, 1.54) is 25.7 Å². The zero-order chi connectivity index (χ0) is 23.3. The van der Waals surface area contributed by atoms with Crippen molar-refractivity contribution in [2.75, 3.05) is 13.1 Å². The Kier molecular flexibility index (Phi) is 6.94. The van der Waals surface area contributed by atoms with Gasteiger partial charge in [0.25, 0.3) is 0 Å². The molecule has 0 radical (unpaired) electrons. The topological polar surface area (TPSA) is 58.2 Å². The van der Waals surface area contributed by atoms with Gasteiger partial charge >= 0.3 is 0 Å². The molecule has 3 aliphatic rings. The summed E-state index contributed by atoms with van der Waals surface area (Å²) in [6.07, 6.45) is 12.1. The molecule has 2 aromatic rings. The van der Waals surface area contributed by atoms with Crippen LogP contribution in [0.25, 0.3) is 12.2 Å². The molecule has 4 nitrogen and oxygen atoms in total. The molecule has 34 heavy (non-hydrogen) atoms. The highest BCUT2D eigenvalue weighted by Crippen LogP contribution is 2.61. The first-order chi connectivity index (χ1) is 16.7. The van der Waals surface area contributed by atoms with Crippen molar-refractivity contribution >= 4 is 24.0 Å². The second-order valence-corrected chi connectivity index (χ2v) is 10.3. The number of rotatable bonds is 8. The summed E-state index contributed by atoms with van der Waals surface area (Å²) in [5, 5.41) is 6.27. The summed E-state index contributed by atoms with van der Waals surface area (Å²) < 4.78 is 0. The summed E-state index contributed by atoms with van der Waals surface area (Å²) in [5.74, 6) is 4.28. The molecule has 2 amide bonds. The molecule has 0 aliphatic heterocycles. The van der Waals surface area contributed by atoms with E-state index in [4.69, 9.17) is 0 Å². The van der Waals surface area contributed by atoms with Gasteiger partial charge in [0.15, 0.2) is 0 Å². The number of hydrogen-bond acceptors (Lipinski definition) is 2. The van der Waals surface area contributed by atoms with Crippen LogP contribution in [0.1, 0.15) is 36.8 Å². The van der Waals surface area contributed by atoms with Crippen molar-refractivity contribution in [3.05, 3.63) is 83.9 Å². The molecule has 2 aromatic carbocycles. The van der Waals surface area contributed by atoms with Gasteiger partial charge in [-0.05, 0) is 84.5 Å². The van der Waals surface area contributed by atoms with Crippen LogP contribution in [0.4, 0.5) is 0 Å². The Hall–Kier alpha value is -3.14. The van der Waals surface area contributed by atoms with Gasteiger partial charge in [0.05, 0.1) is 0 Å². The van der Waals surface area contributed by atoms with E-state index in [0.29, 0.717) is 11.8 Å². The fourth-order valence-electron chi connectivity index (χ4n) is 6.79. The van der Waals surface area contributed by atoms with Crippen LogP contribution in [0.15, 0.2) is 72.8 Å². The number of hydrogen-bond donors (Lipinski definition) is 2. The smallest absolute Gasteiger partial charge is 0.244 e. The Labute approximate surface area is 202 Å². The lowest BCUT2D eigenvalue weighted by molar-refractivity contribution is -0.117. The van der Waals surface area contributed by atoms with Crippen LogP contribution >= 0.6 is 0 Å². The van der Waals surface area contributed by atoms with Gasteiger partial charge in [-0.2, -0.15) is 0 Å². The van der Waals surface area contributed by atoms with Crippen molar-refractivity contribution in [3.8, 4) is 0 Å². The summed E-state index contributed by atoms with van der Waals surface area (Å²) >= 11 is 0. The summed E-state index contributed by atoms with van der Waals surface area (Å²) in [7, 11) is 0. The second-order valence-electron chi connectivity index (χ2n) is 10.3. The van der Waals surface area contributed by atoms with Gasteiger partial charge < -0.3 is 10.6 Å². The Morgan fingerprint density at radius 1 is 0.676 bits per heavy atom. The van der Waals surface area contributed by atoms with Gasteiger partial charge in [0.1, 0.15) is 0 Å². The van der Waals surface area contributed by atoms with E-state index in [1.54, 1.807) is 12.2 Å². The first-order valence-electron chi connectivity index (χ1n) is 12.7. The van der Waals surface area contributed by atoms with Crippen LogP contribution in [0.5, 0.6) is 0 Å². The SMILES string of the molecule is O=C(C=Cc1ccccc1)NCC1CC2C3CC(CNC(=O)C=Cc4ccccc4)C(C3)C2C1. The number of nitrogens with one attached hydrogen (secondary N) is 2. The lowest BCUT2D eigenvalue weighted by Crippen LogP contribution is -2.34. The molecule has 3 fully saturated rings. The fraction of sp³-hybridized carbons (Fsp3) is 0.400. The van der Waals surface area contributed by atoms with Crippen LogP contribution in [0, 0.1) is 35.5 Å². The molecule has 5 rings (SSSR count). The molecule has 0 heterocycles. The zero-order valence-corrected chi connectivity index (χ0v) is 19.6. The molecular formula is C30H34N2O2. The third-order valence-corrected chi connectivity index (χ3v) is 8.26. The molecule has 4 heteroatoms. The first kappa shape index (κ1) is 22.6. The number of amides is 2. The number of benzene rings is 2. The Morgan fingerprint density at radius 2 is 1.24 bits per heavy atom. The molecule has 2 bridgehead atoms. The molecule has 0 saturated heterocycles. The fourth-order valence-corrected chi connectivity index (χ4v) is 6.79. The standard InChI is InChI=1S/C30H34N2O2/c33-29(13-11-21-7-3-1-4-8-21)31-19-23-15-26-24-17-25(27(18-24)28(26)16-23)20-32-30(34)14-12-22-9-5-2-6-10-22/h1-14,23-28H,15-20H2,(H,31,33)(H,32,34). The highest BCUT2D eigenvalue weighted by molar-refractivity contribution is 5.92. The average molecular weight is 455 g/mol. The quantitative estimate of drug-likeness (QED) is 0.555.